The van der Waals surface area contributed by atoms with Crippen LogP contribution in [0.5, 0.6) is 0 Å². The van der Waals surface area contributed by atoms with E-state index in [-0.39, 0.29) is 18.1 Å². The molecule has 2 rings (SSSR count). The van der Waals surface area contributed by atoms with Gasteiger partial charge in [0.15, 0.2) is 11.5 Å². The van der Waals surface area contributed by atoms with Crippen molar-refractivity contribution in [2.75, 3.05) is 11.9 Å². The van der Waals surface area contributed by atoms with Gasteiger partial charge in [0.2, 0.25) is 5.69 Å². The SMILES string of the molecule is Cc1onc(C(F)(F)F)c1CC(=O)O.Cc1onc(C(F)(F)F)c1NC(=O)OCC[Si](C)(C)C. The Morgan fingerprint density at radius 1 is 0.971 bits per heavy atom. The lowest BCUT2D eigenvalue weighted by atomic mass is 10.1. The molecule has 192 valence electrons. The molecule has 2 heterocycles. The minimum absolute atomic E-state index is 0.125. The van der Waals surface area contributed by atoms with E-state index in [1.807, 2.05) is 5.32 Å². The Balaban J connectivity index is 0.000000362. The molecule has 0 atom stereocenters. The van der Waals surface area contributed by atoms with Crippen LogP contribution in [-0.2, 0) is 28.3 Å². The number of amides is 1. The van der Waals surface area contributed by atoms with Gasteiger partial charge in [0, 0.05) is 13.6 Å². The molecule has 0 saturated heterocycles. The summed E-state index contributed by atoms with van der Waals surface area (Å²) < 4.78 is 88.0. The molecule has 0 aliphatic heterocycles. The highest BCUT2D eigenvalue weighted by Crippen LogP contribution is 2.36. The van der Waals surface area contributed by atoms with E-state index in [2.05, 4.69) is 39.0 Å². The van der Waals surface area contributed by atoms with Crippen molar-refractivity contribution in [3.05, 3.63) is 28.5 Å². The fourth-order valence-corrected chi connectivity index (χ4v) is 2.99. The predicted octanol–water partition coefficient (Wildman–Crippen LogP) is 5.52. The van der Waals surface area contributed by atoms with Gasteiger partial charge >= 0.3 is 24.4 Å². The van der Waals surface area contributed by atoms with Crippen LogP contribution in [0, 0.1) is 13.8 Å². The number of aliphatic carboxylic acids is 1. The molecule has 0 spiro atoms. The molecule has 34 heavy (non-hydrogen) atoms. The van der Waals surface area contributed by atoms with Gasteiger partial charge in [-0.3, -0.25) is 10.1 Å². The minimum Gasteiger partial charge on any atom is -0.481 e. The summed E-state index contributed by atoms with van der Waals surface area (Å²) in [5.74, 6) is -1.61. The molecule has 2 N–H and O–H groups in total. The maximum absolute atomic E-state index is 12.6. The van der Waals surface area contributed by atoms with Crippen LogP contribution in [0.3, 0.4) is 0 Å². The van der Waals surface area contributed by atoms with E-state index in [0.29, 0.717) is 0 Å². The smallest absolute Gasteiger partial charge is 0.438 e. The summed E-state index contributed by atoms with van der Waals surface area (Å²) in [5, 5.41) is 16.1. The third-order valence-corrected chi connectivity index (χ3v) is 5.73. The second-order valence-electron chi connectivity index (χ2n) is 8.17. The van der Waals surface area contributed by atoms with Crippen molar-refractivity contribution in [3.8, 4) is 0 Å². The van der Waals surface area contributed by atoms with Gasteiger partial charge in [0.05, 0.1) is 13.0 Å². The van der Waals surface area contributed by atoms with Crippen LogP contribution in [0.4, 0.5) is 36.8 Å². The summed E-state index contributed by atoms with van der Waals surface area (Å²) in [4.78, 5) is 21.7. The summed E-state index contributed by atoms with van der Waals surface area (Å²) in [6.07, 6.45) is -11.1. The van der Waals surface area contributed by atoms with Gasteiger partial charge in [-0.1, -0.05) is 30.0 Å². The third kappa shape index (κ3) is 9.07. The number of aryl methyl sites for hydroxylation is 2. The summed E-state index contributed by atoms with van der Waals surface area (Å²) >= 11 is 0. The molecular weight excluding hydrogens is 496 g/mol. The molecule has 0 aliphatic carbocycles. The van der Waals surface area contributed by atoms with Crippen molar-refractivity contribution < 1.29 is 54.8 Å². The van der Waals surface area contributed by atoms with Crippen LogP contribution in [0.25, 0.3) is 0 Å². The lowest BCUT2D eigenvalue weighted by Crippen LogP contribution is -2.24. The molecule has 0 bridgehead atoms. The Morgan fingerprint density at radius 3 is 1.94 bits per heavy atom. The molecule has 0 unspecified atom stereocenters. The maximum Gasteiger partial charge on any atom is 0.438 e. The van der Waals surface area contributed by atoms with Crippen LogP contribution in [0.1, 0.15) is 28.5 Å². The Morgan fingerprint density at radius 2 is 1.47 bits per heavy atom. The van der Waals surface area contributed by atoms with Crippen molar-refractivity contribution in [2.24, 2.45) is 0 Å². The number of ether oxygens (including phenoxy) is 1. The molecule has 0 aromatic carbocycles. The van der Waals surface area contributed by atoms with E-state index in [1.54, 1.807) is 0 Å². The second kappa shape index (κ2) is 10.9. The molecule has 0 fully saturated rings. The number of aromatic nitrogens is 2. The van der Waals surface area contributed by atoms with Crippen molar-refractivity contribution in [1.82, 2.24) is 10.3 Å². The first-order valence-corrected chi connectivity index (χ1v) is 13.2. The fourth-order valence-electron chi connectivity index (χ4n) is 2.27. The van der Waals surface area contributed by atoms with E-state index >= 15 is 0 Å². The number of anilines is 1. The average Bonchev–Trinajstić information content (AvgIpc) is 3.17. The molecule has 0 aliphatic rings. The van der Waals surface area contributed by atoms with E-state index in [0.717, 1.165) is 6.04 Å². The lowest BCUT2D eigenvalue weighted by molar-refractivity contribution is -0.144. The topological polar surface area (TPSA) is 128 Å². The van der Waals surface area contributed by atoms with Gasteiger partial charge in [0.25, 0.3) is 0 Å². The summed E-state index contributed by atoms with van der Waals surface area (Å²) in [6, 6.07) is 0.731. The molecule has 9 nitrogen and oxygen atoms in total. The van der Waals surface area contributed by atoms with Crippen molar-refractivity contribution >= 4 is 25.8 Å². The van der Waals surface area contributed by atoms with Crippen LogP contribution >= 0.6 is 0 Å². The van der Waals surface area contributed by atoms with E-state index in [9.17, 15) is 35.9 Å². The first kappa shape index (κ1) is 29.0. The zero-order valence-electron chi connectivity index (χ0n) is 18.8. The number of carbonyl (C=O) groups is 2. The van der Waals surface area contributed by atoms with Gasteiger partial charge in [0.1, 0.15) is 11.4 Å². The Hall–Kier alpha value is -3.04. The van der Waals surface area contributed by atoms with Crippen molar-refractivity contribution in [2.45, 2.75) is 58.3 Å². The highest BCUT2D eigenvalue weighted by Gasteiger charge is 2.40. The van der Waals surface area contributed by atoms with Crippen LogP contribution < -0.4 is 5.32 Å². The Labute approximate surface area is 190 Å². The standard InChI is InChI=1S/C11H17F3N2O3Si.C7H6F3NO3/c1-7-8(9(16-19-7)11(12,13)14)15-10(17)18-5-6-20(2,3)4;1-3-4(2-5(12)13)6(11-14-3)7(8,9)10/h5-6H2,1-4H3,(H,15,17);2H2,1H3,(H,12,13). The number of carboxylic acids is 1. The fraction of sp³-hybridized carbons (Fsp3) is 0.556. The normalized spacial score (nSPS) is 12.1. The molecule has 16 heteroatoms. The van der Waals surface area contributed by atoms with Crippen molar-refractivity contribution in [3.63, 3.8) is 0 Å². The quantitative estimate of drug-likeness (QED) is 0.377. The number of hydrogen-bond donors (Lipinski definition) is 2. The largest absolute Gasteiger partial charge is 0.481 e. The number of halogens is 6. The predicted molar refractivity (Wildman–Crippen MR) is 107 cm³/mol. The van der Waals surface area contributed by atoms with E-state index in [1.165, 1.54) is 13.8 Å². The first-order chi connectivity index (χ1) is 15.3. The number of alkyl halides is 6. The van der Waals surface area contributed by atoms with Gasteiger partial charge in [-0.05, 0) is 19.9 Å². The summed E-state index contributed by atoms with van der Waals surface area (Å²) in [5.41, 5.74) is -3.46. The molecule has 2 aromatic rings. The van der Waals surface area contributed by atoms with E-state index in [4.69, 9.17) is 9.84 Å². The third-order valence-electron chi connectivity index (χ3n) is 4.02. The lowest BCUT2D eigenvalue weighted by Gasteiger charge is -2.15. The van der Waals surface area contributed by atoms with Crippen molar-refractivity contribution in [1.29, 1.82) is 0 Å². The van der Waals surface area contributed by atoms with Crippen LogP contribution in [0.2, 0.25) is 25.7 Å². The Kier molecular flexibility index (Phi) is 9.31. The monoisotopic (exact) mass is 519 g/mol. The number of hydrogen-bond acceptors (Lipinski definition) is 7. The average molecular weight is 519 g/mol. The summed E-state index contributed by atoms with van der Waals surface area (Å²) in [6.45, 7) is 8.98. The van der Waals surface area contributed by atoms with E-state index < -0.39 is 61.5 Å². The van der Waals surface area contributed by atoms with Crippen LogP contribution in [0.15, 0.2) is 9.05 Å². The molecule has 1 amide bonds. The molecule has 2 aromatic heterocycles. The van der Waals surface area contributed by atoms with Gasteiger partial charge in [-0.15, -0.1) is 0 Å². The number of nitrogens with one attached hydrogen (secondary N) is 1. The van der Waals surface area contributed by atoms with Crippen LogP contribution in [-0.4, -0.2) is 42.2 Å². The number of nitrogens with zero attached hydrogens (tertiary/aromatic N) is 2. The van der Waals surface area contributed by atoms with Gasteiger partial charge in [-0.25, -0.2) is 4.79 Å². The number of carbonyl (C=O) groups excluding carboxylic acids is 1. The number of rotatable bonds is 6. The highest BCUT2D eigenvalue weighted by molar-refractivity contribution is 6.76. The number of carboxylic acid groups (broad SMARTS) is 1. The molecular formula is C18H23F6N3O6Si. The second-order valence-corrected chi connectivity index (χ2v) is 13.8. The highest BCUT2D eigenvalue weighted by atomic mass is 28.3. The first-order valence-electron chi connectivity index (χ1n) is 9.54. The molecule has 0 saturated carbocycles. The molecule has 0 radical (unpaired) electrons. The van der Waals surface area contributed by atoms with Gasteiger partial charge in [-0.2, -0.15) is 26.3 Å². The minimum atomic E-state index is -4.70. The van der Waals surface area contributed by atoms with Gasteiger partial charge < -0.3 is 18.9 Å². The zero-order valence-corrected chi connectivity index (χ0v) is 19.8. The zero-order chi connectivity index (χ0) is 26.5. The Bertz CT molecular complexity index is 994. The summed E-state index contributed by atoms with van der Waals surface area (Å²) in [7, 11) is -1.37. The maximum atomic E-state index is 12.6.